The summed E-state index contributed by atoms with van der Waals surface area (Å²) in [7, 11) is 0. The summed E-state index contributed by atoms with van der Waals surface area (Å²) >= 11 is 5.96. The van der Waals surface area contributed by atoms with Gasteiger partial charge < -0.3 is 10.6 Å². The van der Waals surface area contributed by atoms with E-state index in [-0.39, 0.29) is 36.8 Å². The van der Waals surface area contributed by atoms with Crippen LogP contribution in [-0.2, 0) is 0 Å². The molecule has 1 aliphatic heterocycles. The Morgan fingerprint density at radius 1 is 1.58 bits per heavy atom. The molecule has 0 saturated carbocycles. The number of carbonyl (C=O) groups excluding carboxylic acids is 1. The minimum absolute atomic E-state index is 0. The molecule has 1 amide bonds. The van der Waals surface area contributed by atoms with E-state index in [1.807, 2.05) is 11.8 Å². The van der Waals surface area contributed by atoms with E-state index in [1.165, 1.54) is 6.20 Å². The SMILES string of the molecule is CC(N)C1CCN(C(=O)c2ccncc2Cl)C1.Cl.Cl. The molecule has 0 spiro atoms. The second kappa shape index (κ2) is 7.90. The number of hydrogen-bond donors (Lipinski definition) is 1. The molecule has 0 aromatic carbocycles. The lowest BCUT2D eigenvalue weighted by atomic mass is 10.0. The Bertz CT molecular complexity index is 428. The molecule has 7 heteroatoms. The van der Waals surface area contributed by atoms with E-state index in [4.69, 9.17) is 17.3 Å². The molecular weight excluding hydrogens is 309 g/mol. The highest BCUT2D eigenvalue weighted by Gasteiger charge is 2.29. The monoisotopic (exact) mass is 325 g/mol. The van der Waals surface area contributed by atoms with Gasteiger partial charge in [0, 0.05) is 31.5 Å². The molecule has 2 N–H and O–H groups in total. The van der Waals surface area contributed by atoms with Crippen LogP contribution >= 0.6 is 36.4 Å². The van der Waals surface area contributed by atoms with Gasteiger partial charge in [0.05, 0.1) is 10.6 Å². The summed E-state index contributed by atoms with van der Waals surface area (Å²) < 4.78 is 0. The van der Waals surface area contributed by atoms with Gasteiger partial charge in [-0.2, -0.15) is 0 Å². The molecule has 0 bridgehead atoms. The van der Waals surface area contributed by atoms with Crippen LogP contribution < -0.4 is 5.73 Å². The molecule has 19 heavy (non-hydrogen) atoms. The normalized spacial score (nSPS) is 19.3. The fraction of sp³-hybridized carbons (Fsp3) is 0.500. The van der Waals surface area contributed by atoms with Crippen LogP contribution in [0.25, 0.3) is 0 Å². The van der Waals surface area contributed by atoms with Gasteiger partial charge in [0.25, 0.3) is 5.91 Å². The van der Waals surface area contributed by atoms with Crippen molar-refractivity contribution in [1.29, 1.82) is 0 Å². The van der Waals surface area contributed by atoms with E-state index in [2.05, 4.69) is 4.98 Å². The number of pyridine rings is 1. The molecule has 2 unspecified atom stereocenters. The first-order valence-electron chi connectivity index (χ1n) is 5.74. The number of hydrogen-bond acceptors (Lipinski definition) is 3. The van der Waals surface area contributed by atoms with Crippen molar-refractivity contribution in [3.8, 4) is 0 Å². The number of likely N-dealkylation sites (tertiary alicyclic amines) is 1. The van der Waals surface area contributed by atoms with Gasteiger partial charge in [-0.15, -0.1) is 24.8 Å². The molecule has 1 aliphatic rings. The standard InChI is InChI=1S/C12H16ClN3O.2ClH/c1-8(14)9-3-5-16(7-9)12(17)10-2-4-15-6-11(10)13;;/h2,4,6,8-9H,3,5,7,14H2,1H3;2*1H. The molecule has 0 aliphatic carbocycles. The van der Waals surface area contributed by atoms with E-state index in [1.54, 1.807) is 12.3 Å². The van der Waals surface area contributed by atoms with Gasteiger partial charge >= 0.3 is 0 Å². The Hall–Kier alpha value is -0.550. The maximum absolute atomic E-state index is 12.2. The van der Waals surface area contributed by atoms with E-state index in [9.17, 15) is 4.79 Å². The van der Waals surface area contributed by atoms with E-state index in [0.29, 0.717) is 16.5 Å². The molecular formula is C12H18Cl3N3O. The van der Waals surface area contributed by atoms with Crippen LogP contribution in [0, 0.1) is 5.92 Å². The fourth-order valence-corrected chi connectivity index (χ4v) is 2.32. The Kier molecular flexibility index (Phi) is 7.67. The van der Waals surface area contributed by atoms with Crippen molar-refractivity contribution in [2.45, 2.75) is 19.4 Å². The number of halogens is 3. The van der Waals surface area contributed by atoms with Crippen molar-refractivity contribution in [3.05, 3.63) is 29.0 Å². The van der Waals surface area contributed by atoms with Crippen molar-refractivity contribution in [3.63, 3.8) is 0 Å². The molecule has 1 fully saturated rings. The average Bonchev–Trinajstić information content (AvgIpc) is 2.78. The van der Waals surface area contributed by atoms with Crippen LogP contribution in [-0.4, -0.2) is 34.9 Å². The first kappa shape index (κ1) is 18.4. The molecule has 2 atom stereocenters. The van der Waals surface area contributed by atoms with Gasteiger partial charge in [-0.1, -0.05) is 11.6 Å². The molecule has 4 nitrogen and oxygen atoms in total. The van der Waals surface area contributed by atoms with Gasteiger partial charge in [-0.05, 0) is 25.3 Å². The molecule has 2 heterocycles. The zero-order valence-electron chi connectivity index (χ0n) is 10.6. The van der Waals surface area contributed by atoms with Crippen LogP contribution in [0.15, 0.2) is 18.5 Å². The molecule has 108 valence electrons. The van der Waals surface area contributed by atoms with Gasteiger partial charge in [0.1, 0.15) is 0 Å². The third kappa shape index (κ3) is 4.21. The largest absolute Gasteiger partial charge is 0.338 e. The average molecular weight is 327 g/mol. The fourth-order valence-electron chi connectivity index (χ4n) is 2.12. The number of nitrogens with zero attached hydrogens (tertiary/aromatic N) is 2. The number of carbonyl (C=O) groups is 1. The Morgan fingerprint density at radius 2 is 2.26 bits per heavy atom. The number of rotatable bonds is 2. The van der Waals surface area contributed by atoms with E-state index >= 15 is 0 Å². The van der Waals surface area contributed by atoms with Crippen LogP contribution in [0.5, 0.6) is 0 Å². The van der Waals surface area contributed by atoms with Crippen molar-refractivity contribution >= 4 is 42.3 Å². The summed E-state index contributed by atoms with van der Waals surface area (Å²) in [4.78, 5) is 17.9. The van der Waals surface area contributed by atoms with Crippen molar-refractivity contribution in [1.82, 2.24) is 9.88 Å². The summed E-state index contributed by atoms with van der Waals surface area (Å²) in [5, 5.41) is 0.404. The van der Waals surface area contributed by atoms with Crippen LogP contribution in [0.1, 0.15) is 23.7 Å². The Morgan fingerprint density at radius 3 is 2.79 bits per heavy atom. The first-order valence-corrected chi connectivity index (χ1v) is 6.11. The van der Waals surface area contributed by atoms with Gasteiger partial charge in [0.2, 0.25) is 0 Å². The maximum Gasteiger partial charge on any atom is 0.255 e. The second-order valence-corrected chi connectivity index (χ2v) is 4.92. The van der Waals surface area contributed by atoms with Crippen molar-refractivity contribution in [2.75, 3.05) is 13.1 Å². The highest BCUT2D eigenvalue weighted by molar-refractivity contribution is 6.33. The zero-order chi connectivity index (χ0) is 12.4. The number of aromatic nitrogens is 1. The summed E-state index contributed by atoms with van der Waals surface area (Å²) in [6.45, 7) is 3.46. The van der Waals surface area contributed by atoms with Gasteiger partial charge in [-0.25, -0.2) is 0 Å². The highest BCUT2D eigenvalue weighted by Crippen LogP contribution is 2.23. The lowest BCUT2D eigenvalue weighted by molar-refractivity contribution is 0.0786. The third-order valence-electron chi connectivity index (χ3n) is 3.26. The lowest BCUT2D eigenvalue weighted by Crippen LogP contribution is -2.33. The topological polar surface area (TPSA) is 59.2 Å². The minimum Gasteiger partial charge on any atom is -0.338 e. The predicted octanol–water partition coefficient (Wildman–Crippen LogP) is 2.39. The van der Waals surface area contributed by atoms with Crippen LogP contribution in [0.4, 0.5) is 0 Å². The van der Waals surface area contributed by atoms with Crippen LogP contribution in [0.2, 0.25) is 5.02 Å². The molecule has 0 radical (unpaired) electrons. The highest BCUT2D eigenvalue weighted by atomic mass is 35.5. The summed E-state index contributed by atoms with van der Waals surface area (Å²) in [6.07, 6.45) is 4.04. The van der Waals surface area contributed by atoms with Gasteiger partial charge in [-0.3, -0.25) is 9.78 Å². The minimum atomic E-state index is -0.0273. The van der Waals surface area contributed by atoms with E-state index in [0.717, 1.165) is 19.5 Å². The van der Waals surface area contributed by atoms with E-state index < -0.39 is 0 Å². The molecule has 1 aromatic heterocycles. The molecule has 2 rings (SSSR count). The van der Waals surface area contributed by atoms with Crippen molar-refractivity contribution in [2.24, 2.45) is 11.7 Å². The number of amides is 1. The third-order valence-corrected chi connectivity index (χ3v) is 3.56. The quantitative estimate of drug-likeness (QED) is 0.908. The smallest absolute Gasteiger partial charge is 0.255 e. The summed E-state index contributed by atoms with van der Waals surface area (Å²) in [5.74, 6) is 0.361. The predicted molar refractivity (Wildman–Crippen MR) is 81.4 cm³/mol. The summed E-state index contributed by atoms with van der Waals surface area (Å²) in [5.41, 5.74) is 6.37. The van der Waals surface area contributed by atoms with Gasteiger partial charge in [0.15, 0.2) is 0 Å². The maximum atomic E-state index is 12.2. The number of nitrogens with two attached hydrogens (primary N) is 1. The molecule has 1 aromatic rings. The van der Waals surface area contributed by atoms with Crippen molar-refractivity contribution < 1.29 is 4.79 Å². The Balaban J connectivity index is 0.00000162. The van der Waals surface area contributed by atoms with Crippen LogP contribution in [0.3, 0.4) is 0 Å². The lowest BCUT2D eigenvalue weighted by Gasteiger charge is -2.18. The summed E-state index contributed by atoms with van der Waals surface area (Å²) in [6, 6.07) is 1.78. The Labute approximate surface area is 130 Å². The second-order valence-electron chi connectivity index (χ2n) is 4.51. The first-order chi connectivity index (χ1) is 8.09. The molecule has 1 saturated heterocycles. The zero-order valence-corrected chi connectivity index (χ0v) is 13.0.